The van der Waals surface area contributed by atoms with E-state index >= 15 is 0 Å². The van der Waals surface area contributed by atoms with Gasteiger partial charge in [-0.2, -0.15) is 0 Å². The van der Waals surface area contributed by atoms with Crippen LogP contribution in [0, 0.1) is 8.99 Å². The van der Waals surface area contributed by atoms with Crippen LogP contribution < -0.4 is 5.32 Å². The van der Waals surface area contributed by atoms with Crippen molar-refractivity contribution >= 4 is 22.6 Å². The molecule has 0 amide bonds. The maximum atomic E-state index is 3.70. The number of aryl methyl sites for hydroxylation is 1. The smallest absolute Gasteiger partial charge is 0.0130 e. The van der Waals surface area contributed by atoms with Gasteiger partial charge in [-0.25, -0.2) is 0 Å². The minimum atomic E-state index is 0.348. The lowest BCUT2D eigenvalue weighted by Crippen LogP contribution is -2.40. The summed E-state index contributed by atoms with van der Waals surface area (Å²) in [6, 6.07) is 9.54. The zero-order valence-electron chi connectivity index (χ0n) is 12.8. The lowest BCUT2D eigenvalue weighted by molar-refractivity contribution is 0.251. The fourth-order valence-corrected chi connectivity index (χ4v) is 2.68. The predicted octanol–water partition coefficient (Wildman–Crippen LogP) is 5.03. The highest BCUT2D eigenvalue weighted by Gasteiger charge is 2.23. The molecule has 0 fully saturated rings. The SMILES string of the molecule is CCCNC(CCCc1ccc(I)cc1)C(C)(C)C. The second kappa shape index (κ2) is 8.25. The van der Waals surface area contributed by atoms with Gasteiger partial charge in [0.15, 0.2) is 0 Å². The van der Waals surface area contributed by atoms with Crippen molar-refractivity contribution in [3.63, 3.8) is 0 Å². The van der Waals surface area contributed by atoms with Gasteiger partial charge in [0.2, 0.25) is 0 Å². The summed E-state index contributed by atoms with van der Waals surface area (Å²) in [7, 11) is 0. The minimum absolute atomic E-state index is 0.348. The summed E-state index contributed by atoms with van der Waals surface area (Å²) < 4.78 is 1.32. The van der Waals surface area contributed by atoms with Crippen molar-refractivity contribution in [2.24, 2.45) is 5.41 Å². The number of benzene rings is 1. The molecular weight excluding hydrogens is 345 g/mol. The van der Waals surface area contributed by atoms with Gasteiger partial charge in [0.1, 0.15) is 0 Å². The molecule has 0 radical (unpaired) electrons. The third-order valence-corrected chi connectivity index (χ3v) is 4.28. The fraction of sp³-hybridized carbons (Fsp3) is 0.647. The number of halogens is 1. The summed E-state index contributed by atoms with van der Waals surface area (Å²) in [6.45, 7) is 10.4. The van der Waals surface area contributed by atoms with Crippen molar-refractivity contribution in [2.75, 3.05) is 6.54 Å². The van der Waals surface area contributed by atoms with Crippen LogP contribution in [-0.4, -0.2) is 12.6 Å². The highest BCUT2D eigenvalue weighted by molar-refractivity contribution is 14.1. The van der Waals surface area contributed by atoms with Crippen LogP contribution in [0.5, 0.6) is 0 Å². The van der Waals surface area contributed by atoms with Crippen LogP contribution >= 0.6 is 22.6 Å². The van der Waals surface area contributed by atoms with E-state index in [4.69, 9.17) is 0 Å². The molecule has 0 aliphatic heterocycles. The maximum absolute atomic E-state index is 3.70. The Morgan fingerprint density at radius 1 is 1.16 bits per heavy atom. The second-order valence-corrected chi connectivity index (χ2v) is 7.64. The van der Waals surface area contributed by atoms with Gasteiger partial charge in [0.25, 0.3) is 0 Å². The van der Waals surface area contributed by atoms with Gasteiger partial charge in [-0.15, -0.1) is 0 Å². The quantitative estimate of drug-likeness (QED) is 0.661. The first kappa shape index (κ1) is 17.0. The molecule has 0 aliphatic carbocycles. The highest BCUT2D eigenvalue weighted by atomic mass is 127. The molecule has 1 aromatic carbocycles. The van der Waals surface area contributed by atoms with Crippen LogP contribution in [-0.2, 0) is 6.42 Å². The summed E-state index contributed by atoms with van der Waals surface area (Å²) in [4.78, 5) is 0. The molecule has 1 N–H and O–H groups in total. The third kappa shape index (κ3) is 6.75. The van der Waals surface area contributed by atoms with E-state index in [1.165, 1.54) is 34.8 Å². The van der Waals surface area contributed by atoms with E-state index in [-0.39, 0.29) is 0 Å². The largest absolute Gasteiger partial charge is 0.313 e. The Bertz CT molecular complexity index is 351. The standard InChI is InChI=1S/C17H28IN/c1-5-13-19-16(17(2,3)4)8-6-7-14-9-11-15(18)12-10-14/h9-12,16,19H,5-8,13H2,1-4H3. The molecule has 0 bridgehead atoms. The summed E-state index contributed by atoms with van der Waals surface area (Å²) in [6.07, 6.45) is 4.93. The third-order valence-electron chi connectivity index (χ3n) is 3.56. The average Bonchev–Trinajstić information content (AvgIpc) is 2.34. The molecule has 1 nitrogen and oxygen atoms in total. The predicted molar refractivity (Wildman–Crippen MR) is 93.6 cm³/mol. The molecule has 2 heteroatoms. The topological polar surface area (TPSA) is 12.0 Å². The van der Waals surface area contributed by atoms with Crippen LogP contribution in [0.3, 0.4) is 0 Å². The minimum Gasteiger partial charge on any atom is -0.313 e. The van der Waals surface area contributed by atoms with E-state index in [9.17, 15) is 0 Å². The summed E-state index contributed by atoms with van der Waals surface area (Å²) in [5.74, 6) is 0. The van der Waals surface area contributed by atoms with Crippen LogP contribution in [0.2, 0.25) is 0 Å². The van der Waals surface area contributed by atoms with E-state index in [1.54, 1.807) is 0 Å². The van der Waals surface area contributed by atoms with Gasteiger partial charge in [-0.3, -0.25) is 0 Å². The Morgan fingerprint density at radius 3 is 2.32 bits per heavy atom. The molecule has 0 aliphatic rings. The van der Waals surface area contributed by atoms with E-state index < -0.39 is 0 Å². The molecule has 0 aromatic heterocycles. The van der Waals surface area contributed by atoms with Crippen LogP contribution in [0.15, 0.2) is 24.3 Å². The molecule has 1 rings (SSSR count). The molecule has 0 saturated carbocycles. The monoisotopic (exact) mass is 373 g/mol. The number of hydrogen-bond donors (Lipinski definition) is 1. The highest BCUT2D eigenvalue weighted by Crippen LogP contribution is 2.23. The average molecular weight is 373 g/mol. The Balaban J connectivity index is 2.41. The first-order valence-corrected chi connectivity index (χ1v) is 8.49. The normalized spacial score (nSPS) is 13.5. The van der Waals surface area contributed by atoms with Gasteiger partial charge in [-0.05, 0) is 77.9 Å². The van der Waals surface area contributed by atoms with Gasteiger partial charge in [0, 0.05) is 9.61 Å². The zero-order valence-corrected chi connectivity index (χ0v) is 15.0. The van der Waals surface area contributed by atoms with Crippen LogP contribution in [0.1, 0.15) is 52.5 Å². The molecule has 19 heavy (non-hydrogen) atoms. The molecule has 0 spiro atoms. The van der Waals surface area contributed by atoms with Crippen LogP contribution in [0.4, 0.5) is 0 Å². The molecular formula is C17H28IN. The van der Waals surface area contributed by atoms with E-state index in [0.717, 1.165) is 6.54 Å². The van der Waals surface area contributed by atoms with Gasteiger partial charge in [-0.1, -0.05) is 39.8 Å². The van der Waals surface area contributed by atoms with Gasteiger partial charge >= 0.3 is 0 Å². The Labute approximate surface area is 132 Å². The van der Waals surface area contributed by atoms with Gasteiger partial charge in [0.05, 0.1) is 0 Å². The fourth-order valence-electron chi connectivity index (χ4n) is 2.32. The second-order valence-electron chi connectivity index (χ2n) is 6.39. The summed E-state index contributed by atoms with van der Waals surface area (Å²) in [5, 5.41) is 3.70. The van der Waals surface area contributed by atoms with Crippen molar-refractivity contribution in [3.05, 3.63) is 33.4 Å². The molecule has 1 unspecified atom stereocenters. The van der Waals surface area contributed by atoms with Crippen molar-refractivity contribution in [2.45, 2.75) is 59.4 Å². The Kier molecular flexibility index (Phi) is 7.37. The van der Waals surface area contributed by atoms with Crippen molar-refractivity contribution in [1.29, 1.82) is 0 Å². The van der Waals surface area contributed by atoms with Gasteiger partial charge < -0.3 is 5.32 Å². The van der Waals surface area contributed by atoms with E-state index in [0.29, 0.717) is 11.5 Å². The number of rotatable bonds is 7. The van der Waals surface area contributed by atoms with E-state index in [1.807, 2.05) is 0 Å². The lowest BCUT2D eigenvalue weighted by atomic mass is 9.83. The lowest BCUT2D eigenvalue weighted by Gasteiger charge is -2.32. The Morgan fingerprint density at radius 2 is 1.79 bits per heavy atom. The Hall–Kier alpha value is -0.0900. The number of hydrogen-bond acceptors (Lipinski definition) is 1. The van der Waals surface area contributed by atoms with E-state index in [2.05, 4.69) is 79.9 Å². The molecule has 0 saturated heterocycles. The zero-order chi connectivity index (χ0) is 14.3. The van der Waals surface area contributed by atoms with Crippen LogP contribution in [0.25, 0.3) is 0 Å². The van der Waals surface area contributed by atoms with Crippen molar-refractivity contribution in [1.82, 2.24) is 5.32 Å². The first-order valence-electron chi connectivity index (χ1n) is 7.41. The first-order chi connectivity index (χ1) is 8.93. The molecule has 1 atom stereocenters. The summed E-state index contributed by atoms with van der Waals surface area (Å²) in [5.41, 5.74) is 1.81. The molecule has 108 valence electrons. The van der Waals surface area contributed by atoms with Crippen molar-refractivity contribution in [3.8, 4) is 0 Å². The van der Waals surface area contributed by atoms with Crippen molar-refractivity contribution < 1.29 is 0 Å². The maximum Gasteiger partial charge on any atom is 0.0130 e. The summed E-state index contributed by atoms with van der Waals surface area (Å²) >= 11 is 2.36. The number of nitrogens with one attached hydrogen (secondary N) is 1. The molecule has 0 heterocycles. The molecule has 1 aromatic rings.